The number of carbonyl (C=O) groups excluding carboxylic acids is 1. The van der Waals surface area contributed by atoms with Crippen molar-refractivity contribution in [3.8, 4) is 23.2 Å². The maximum Gasteiger partial charge on any atom is 0.329 e. The van der Waals surface area contributed by atoms with E-state index in [1.54, 1.807) is 31.6 Å². The number of rotatable bonds is 11. The fraction of sp³-hybridized carbons (Fsp3) is 0.393. The van der Waals surface area contributed by atoms with Gasteiger partial charge in [0.2, 0.25) is 11.8 Å². The van der Waals surface area contributed by atoms with E-state index in [2.05, 4.69) is 39.2 Å². The maximum absolute atomic E-state index is 11.5. The molecule has 0 aliphatic carbocycles. The molecule has 1 radical (unpaired) electrons. The molecule has 2 aromatic heterocycles. The molecule has 0 amide bonds. The lowest BCUT2D eigenvalue weighted by molar-refractivity contribution is 0.0783. The lowest BCUT2D eigenvalue weighted by atomic mass is 9.83. The normalized spacial score (nSPS) is 18.4. The smallest absolute Gasteiger partial charge is 0.329 e. The fourth-order valence-electron chi connectivity index (χ4n) is 5.35. The number of hydrogen-bond donors (Lipinski definition) is 1. The van der Waals surface area contributed by atoms with Crippen molar-refractivity contribution < 1.29 is 14.3 Å². The summed E-state index contributed by atoms with van der Waals surface area (Å²) in [7, 11) is 3.04. The van der Waals surface area contributed by atoms with Crippen molar-refractivity contribution in [3.63, 3.8) is 0 Å². The third kappa shape index (κ3) is 5.72. The van der Waals surface area contributed by atoms with E-state index in [0.717, 1.165) is 42.6 Å². The van der Waals surface area contributed by atoms with Gasteiger partial charge in [-0.1, -0.05) is 6.92 Å². The van der Waals surface area contributed by atoms with E-state index in [0.29, 0.717) is 48.5 Å². The Hall–Kier alpha value is -4.01. The van der Waals surface area contributed by atoms with E-state index in [4.69, 9.17) is 14.5 Å². The summed E-state index contributed by atoms with van der Waals surface area (Å²) in [4.78, 5) is 29.0. The Balaban J connectivity index is 1.44. The number of nitrogens with one attached hydrogen (secondary N) is 1. The second-order valence-electron chi connectivity index (χ2n) is 10.1. The van der Waals surface area contributed by atoms with Crippen LogP contribution in [0, 0.1) is 11.3 Å². The van der Waals surface area contributed by atoms with Gasteiger partial charge in [-0.3, -0.25) is 0 Å². The Morgan fingerprint density at radius 1 is 1.23 bits per heavy atom. The first-order valence-corrected chi connectivity index (χ1v) is 13.1. The summed E-state index contributed by atoms with van der Waals surface area (Å²) in [6.07, 6.45) is 6.57. The van der Waals surface area contributed by atoms with Crippen LogP contribution in [0.2, 0.25) is 0 Å². The summed E-state index contributed by atoms with van der Waals surface area (Å²) in [6, 6.07) is 11.6. The van der Waals surface area contributed by atoms with Gasteiger partial charge < -0.3 is 29.3 Å². The van der Waals surface area contributed by atoms with Crippen molar-refractivity contribution in [1.82, 2.24) is 19.9 Å². The van der Waals surface area contributed by atoms with Crippen LogP contribution < -0.4 is 14.9 Å². The highest BCUT2D eigenvalue weighted by Crippen LogP contribution is 2.44. The highest BCUT2D eigenvalue weighted by Gasteiger charge is 2.41. The summed E-state index contributed by atoms with van der Waals surface area (Å²) in [5.74, 6) is 0.810. The lowest BCUT2D eigenvalue weighted by Gasteiger charge is -2.26. The first-order valence-electron chi connectivity index (χ1n) is 13.1. The standard InChI is InChI=1S/C28H31BN7O3/c1-28(18-39-13-12-35-10-3-4-11-35)17-36(29-19-37)25-21(16-30)14-20(15-22(25)28)23-7-9-32-27(33-23)34-24-6-5-8-31-26(24)38-2/h5-9,14-15,19H,3-4,10-13,17-18H2,1-2H3,(H,32,33,34). The zero-order valence-electron chi connectivity index (χ0n) is 22.3. The first-order chi connectivity index (χ1) is 19.0. The van der Waals surface area contributed by atoms with Gasteiger partial charge in [-0.05, 0) is 61.8 Å². The molecule has 3 aromatic rings. The number of pyridine rings is 1. The van der Waals surface area contributed by atoms with E-state index >= 15 is 0 Å². The van der Waals surface area contributed by atoms with Crippen LogP contribution in [0.5, 0.6) is 5.88 Å². The summed E-state index contributed by atoms with van der Waals surface area (Å²) in [6.45, 7) is 6.95. The van der Waals surface area contributed by atoms with Gasteiger partial charge in [-0.25, -0.2) is 15.0 Å². The van der Waals surface area contributed by atoms with Crippen molar-refractivity contribution in [2.24, 2.45) is 0 Å². The molecule has 5 rings (SSSR count). The Morgan fingerprint density at radius 3 is 2.85 bits per heavy atom. The van der Waals surface area contributed by atoms with Crippen molar-refractivity contribution in [2.45, 2.75) is 25.2 Å². The molecule has 0 spiro atoms. The molecule has 199 valence electrons. The minimum absolute atomic E-state index is 0.377. The summed E-state index contributed by atoms with van der Waals surface area (Å²) in [5, 5.41) is 13.3. The molecule has 11 heteroatoms. The van der Waals surface area contributed by atoms with Crippen molar-refractivity contribution in [2.75, 3.05) is 56.6 Å². The average Bonchev–Trinajstić information content (AvgIpc) is 3.58. The third-order valence-corrected chi connectivity index (χ3v) is 7.26. The number of aromatic nitrogens is 3. The van der Waals surface area contributed by atoms with Gasteiger partial charge in [-0.15, -0.1) is 0 Å². The van der Waals surface area contributed by atoms with Gasteiger partial charge in [0.25, 0.3) is 0 Å². The molecule has 2 aliphatic rings. The molecule has 39 heavy (non-hydrogen) atoms. The average molecular weight is 524 g/mol. The number of nitrogens with zero attached hydrogens (tertiary/aromatic N) is 6. The minimum Gasteiger partial charge on any atom is -0.480 e. The molecule has 1 atom stereocenters. The molecule has 1 fully saturated rings. The maximum atomic E-state index is 11.5. The van der Waals surface area contributed by atoms with Gasteiger partial charge in [0.05, 0.1) is 31.6 Å². The van der Waals surface area contributed by atoms with Crippen LogP contribution in [0.1, 0.15) is 30.9 Å². The van der Waals surface area contributed by atoms with Crippen LogP contribution in [0.4, 0.5) is 17.3 Å². The molecule has 1 saturated heterocycles. The molecule has 1 aromatic carbocycles. The van der Waals surface area contributed by atoms with Gasteiger partial charge in [0.15, 0.2) is 0 Å². The highest BCUT2D eigenvalue weighted by atomic mass is 16.5. The number of hydrogen-bond acceptors (Lipinski definition) is 10. The van der Waals surface area contributed by atoms with Crippen molar-refractivity contribution in [3.05, 3.63) is 53.9 Å². The number of ether oxygens (including phenoxy) is 2. The molecule has 10 nitrogen and oxygen atoms in total. The Kier molecular flexibility index (Phi) is 8.05. The van der Waals surface area contributed by atoms with Crippen LogP contribution in [0.3, 0.4) is 0 Å². The molecule has 0 saturated carbocycles. The summed E-state index contributed by atoms with van der Waals surface area (Å²) < 4.78 is 11.5. The Labute approximate surface area is 229 Å². The molecule has 1 N–H and O–H groups in total. The third-order valence-electron chi connectivity index (χ3n) is 7.26. The van der Waals surface area contributed by atoms with Gasteiger partial charge in [-0.2, -0.15) is 5.26 Å². The van der Waals surface area contributed by atoms with E-state index in [1.165, 1.54) is 20.3 Å². The number of likely N-dealkylation sites (tertiary alicyclic amines) is 1. The van der Waals surface area contributed by atoms with E-state index < -0.39 is 5.41 Å². The second-order valence-corrected chi connectivity index (χ2v) is 10.1. The van der Waals surface area contributed by atoms with E-state index in [-0.39, 0.29) is 0 Å². The molecular weight excluding hydrogens is 493 g/mol. The fourth-order valence-corrected chi connectivity index (χ4v) is 5.35. The number of nitriles is 1. The Morgan fingerprint density at radius 2 is 2.08 bits per heavy atom. The summed E-state index contributed by atoms with van der Waals surface area (Å²) in [5.41, 5.74) is 3.84. The molecule has 4 heterocycles. The number of benzene rings is 1. The largest absolute Gasteiger partial charge is 0.480 e. The van der Waals surface area contributed by atoms with Crippen LogP contribution >= 0.6 is 0 Å². The van der Waals surface area contributed by atoms with E-state index in [1.807, 2.05) is 16.9 Å². The lowest BCUT2D eigenvalue weighted by Crippen LogP contribution is -2.38. The van der Waals surface area contributed by atoms with Crippen LogP contribution in [-0.4, -0.2) is 80.0 Å². The number of fused-ring (bicyclic) bond motifs is 1. The first kappa shape index (κ1) is 26.6. The molecular formula is C28H31BN7O3. The second kappa shape index (κ2) is 11.8. The molecule has 0 bridgehead atoms. The predicted octanol–water partition coefficient (Wildman–Crippen LogP) is 3.16. The zero-order valence-corrected chi connectivity index (χ0v) is 22.3. The number of carbonyl (C=O) groups is 1. The minimum atomic E-state index is -0.418. The predicted molar refractivity (Wildman–Crippen MR) is 150 cm³/mol. The van der Waals surface area contributed by atoms with Crippen LogP contribution in [0.15, 0.2) is 42.7 Å². The monoisotopic (exact) mass is 524 g/mol. The number of methoxy groups -OCH3 is 1. The molecule has 2 aliphatic heterocycles. The quantitative estimate of drug-likeness (QED) is 0.228. The van der Waals surface area contributed by atoms with Gasteiger partial charge in [0.1, 0.15) is 17.9 Å². The Bertz CT molecular complexity index is 1380. The zero-order chi connectivity index (χ0) is 27.2. The van der Waals surface area contributed by atoms with Crippen LogP contribution in [0.25, 0.3) is 11.3 Å². The van der Waals surface area contributed by atoms with Crippen molar-refractivity contribution >= 4 is 30.9 Å². The van der Waals surface area contributed by atoms with Crippen LogP contribution in [-0.2, 0) is 14.9 Å². The topological polar surface area (TPSA) is 116 Å². The van der Waals surface area contributed by atoms with Gasteiger partial charge in [0, 0.05) is 42.1 Å². The summed E-state index contributed by atoms with van der Waals surface area (Å²) >= 11 is 0. The van der Waals surface area contributed by atoms with Gasteiger partial charge >= 0.3 is 7.41 Å². The van der Waals surface area contributed by atoms with E-state index in [9.17, 15) is 10.1 Å². The highest BCUT2D eigenvalue weighted by molar-refractivity contribution is 6.70. The SMILES string of the molecule is COc1ncccc1Nc1nccc(-c2cc(C#N)c3c(c2)C(C)(COCCN2CCCC2)CN3[B]C=O)n1. The van der Waals surface area contributed by atoms with Crippen molar-refractivity contribution in [1.29, 1.82) is 5.26 Å². The molecule has 1 unspecified atom stereocenters. The number of anilines is 3.